The fourth-order valence-corrected chi connectivity index (χ4v) is 3.55. The number of nitrogen functional groups attached to an aromatic ring is 1. The van der Waals surface area contributed by atoms with E-state index >= 15 is 0 Å². The monoisotopic (exact) mass is 295 g/mol. The van der Waals surface area contributed by atoms with Crippen LogP contribution in [0.4, 0.5) is 5.69 Å². The Hall–Kier alpha value is -1.93. The molecule has 0 aliphatic heterocycles. The van der Waals surface area contributed by atoms with E-state index in [0.29, 0.717) is 22.6 Å². The Morgan fingerprint density at radius 2 is 2.00 bits per heavy atom. The number of H-pyrrole nitrogens is 1. The maximum absolute atomic E-state index is 12.4. The summed E-state index contributed by atoms with van der Waals surface area (Å²) in [6.07, 6.45) is 1.32. The maximum atomic E-state index is 12.4. The molecular formula is C12H17N5O2S. The van der Waals surface area contributed by atoms with E-state index in [1.165, 1.54) is 6.33 Å². The van der Waals surface area contributed by atoms with Crippen LogP contribution in [0, 0.1) is 20.8 Å². The number of benzene rings is 1. The summed E-state index contributed by atoms with van der Waals surface area (Å²) < 4.78 is 27.4. The highest BCUT2D eigenvalue weighted by molar-refractivity contribution is 7.89. The number of aromatic nitrogens is 3. The van der Waals surface area contributed by atoms with Crippen molar-refractivity contribution in [2.24, 2.45) is 0 Å². The molecular weight excluding hydrogens is 278 g/mol. The molecule has 0 bridgehead atoms. The molecule has 0 spiro atoms. The first-order valence-corrected chi connectivity index (χ1v) is 7.51. The number of aromatic amines is 1. The molecule has 2 aromatic rings. The molecule has 0 aliphatic rings. The molecule has 0 saturated carbocycles. The van der Waals surface area contributed by atoms with Crippen molar-refractivity contribution in [3.05, 3.63) is 34.9 Å². The first-order chi connectivity index (χ1) is 9.33. The Kier molecular flexibility index (Phi) is 3.78. The van der Waals surface area contributed by atoms with E-state index in [-0.39, 0.29) is 11.4 Å². The van der Waals surface area contributed by atoms with Gasteiger partial charge in [0.15, 0.2) is 0 Å². The normalized spacial score (nSPS) is 11.8. The lowest BCUT2D eigenvalue weighted by Crippen LogP contribution is -2.26. The van der Waals surface area contributed by atoms with Crippen LogP contribution in [-0.4, -0.2) is 23.6 Å². The van der Waals surface area contributed by atoms with Crippen molar-refractivity contribution >= 4 is 15.7 Å². The molecule has 1 aromatic heterocycles. The minimum atomic E-state index is -3.66. The lowest BCUT2D eigenvalue weighted by molar-refractivity contribution is 0.578. The van der Waals surface area contributed by atoms with Gasteiger partial charge in [-0.3, -0.25) is 5.10 Å². The SMILES string of the molecule is Cc1cc(N)c(C)c(S(=O)(=O)NCc2ncn[nH]2)c1C. The maximum Gasteiger partial charge on any atom is 0.241 e. The molecule has 7 nitrogen and oxygen atoms in total. The van der Waals surface area contributed by atoms with E-state index in [9.17, 15) is 8.42 Å². The van der Waals surface area contributed by atoms with Crippen LogP contribution in [0.5, 0.6) is 0 Å². The minimum absolute atomic E-state index is 0.0507. The first kappa shape index (κ1) is 14.5. The molecule has 0 aliphatic carbocycles. The van der Waals surface area contributed by atoms with Crippen molar-refractivity contribution in [3.8, 4) is 0 Å². The van der Waals surface area contributed by atoms with Gasteiger partial charge in [0.1, 0.15) is 12.2 Å². The lowest BCUT2D eigenvalue weighted by Gasteiger charge is -2.15. The van der Waals surface area contributed by atoms with Crippen LogP contribution in [0.15, 0.2) is 17.3 Å². The van der Waals surface area contributed by atoms with Crippen molar-refractivity contribution in [2.45, 2.75) is 32.2 Å². The first-order valence-electron chi connectivity index (χ1n) is 6.03. The van der Waals surface area contributed by atoms with Crippen molar-refractivity contribution in [3.63, 3.8) is 0 Å². The average Bonchev–Trinajstić information content (AvgIpc) is 2.87. The molecule has 0 saturated heterocycles. The minimum Gasteiger partial charge on any atom is -0.398 e. The van der Waals surface area contributed by atoms with Crippen LogP contribution in [-0.2, 0) is 16.6 Å². The lowest BCUT2D eigenvalue weighted by atomic mass is 10.1. The Bertz CT molecular complexity index is 697. The second kappa shape index (κ2) is 5.22. The largest absolute Gasteiger partial charge is 0.398 e. The summed E-state index contributed by atoms with van der Waals surface area (Å²) in [4.78, 5) is 4.11. The molecule has 0 radical (unpaired) electrons. The molecule has 8 heteroatoms. The van der Waals surface area contributed by atoms with Gasteiger partial charge in [-0.2, -0.15) is 5.10 Å². The van der Waals surface area contributed by atoms with E-state index < -0.39 is 10.0 Å². The molecule has 1 heterocycles. The molecule has 0 atom stereocenters. The number of nitrogens with zero attached hydrogens (tertiary/aromatic N) is 2. The second-order valence-corrected chi connectivity index (χ2v) is 6.32. The summed E-state index contributed by atoms with van der Waals surface area (Å²) >= 11 is 0. The molecule has 0 amide bonds. The number of hydrogen-bond donors (Lipinski definition) is 3. The molecule has 0 fully saturated rings. The number of hydrogen-bond acceptors (Lipinski definition) is 5. The summed E-state index contributed by atoms with van der Waals surface area (Å²) in [6, 6.07) is 1.78. The average molecular weight is 295 g/mol. The predicted molar refractivity (Wildman–Crippen MR) is 75.5 cm³/mol. The Morgan fingerprint density at radius 3 is 2.60 bits per heavy atom. The van der Waals surface area contributed by atoms with Crippen LogP contribution in [0.3, 0.4) is 0 Å². The van der Waals surface area contributed by atoms with E-state index in [0.717, 1.165) is 5.56 Å². The molecule has 4 N–H and O–H groups in total. The molecule has 20 heavy (non-hydrogen) atoms. The highest BCUT2D eigenvalue weighted by Crippen LogP contribution is 2.27. The molecule has 108 valence electrons. The van der Waals surface area contributed by atoms with Gasteiger partial charge in [-0.25, -0.2) is 18.1 Å². The van der Waals surface area contributed by atoms with Crippen molar-refractivity contribution in [1.82, 2.24) is 19.9 Å². The Balaban J connectivity index is 2.39. The van der Waals surface area contributed by atoms with Gasteiger partial charge < -0.3 is 5.73 Å². The van der Waals surface area contributed by atoms with E-state index in [1.54, 1.807) is 19.9 Å². The highest BCUT2D eigenvalue weighted by Gasteiger charge is 2.22. The fourth-order valence-electron chi connectivity index (χ4n) is 2.00. The predicted octanol–water partition coefficient (Wildman–Crippen LogP) is 0.791. The molecule has 1 aromatic carbocycles. The number of rotatable bonds is 4. The number of nitrogens with one attached hydrogen (secondary N) is 2. The van der Waals surface area contributed by atoms with Gasteiger partial charge in [0, 0.05) is 5.69 Å². The number of anilines is 1. The van der Waals surface area contributed by atoms with Gasteiger partial charge in [-0.15, -0.1) is 0 Å². The zero-order valence-electron chi connectivity index (χ0n) is 11.6. The fraction of sp³-hybridized carbons (Fsp3) is 0.333. The summed E-state index contributed by atoms with van der Waals surface area (Å²) in [7, 11) is -3.66. The highest BCUT2D eigenvalue weighted by atomic mass is 32.2. The zero-order valence-corrected chi connectivity index (χ0v) is 12.4. The smallest absolute Gasteiger partial charge is 0.241 e. The van der Waals surface area contributed by atoms with Crippen LogP contribution >= 0.6 is 0 Å². The summed E-state index contributed by atoms with van der Waals surface area (Å²) in [5.74, 6) is 0.449. The van der Waals surface area contributed by atoms with Gasteiger partial charge in [-0.1, -0.05) is 0 Å². The van der Waals surface area contributed by atoms with Crippen molar-refractivity contribution in [2.75, 3.05) is 5.73 Å². The van der Waals surface area contributed by atoms with Gasteiger partial charge in [-0.05, 0) is 43.5 Å². The summed E-state index contributed by atoms with van der Waals surface area (Å²) in [6.45, 7) is 5.35. The Morgan fingerprint density at radius 1 is 1.30 bits per heavy atom. The topological polar surface area (TPSA) is 114 Å². The van der Waals surface area contributed by atoms with Gasteiger partial charge >= 0.3 is 0 Å². The van der Waals surface area contributed by atoms with Crippen LogP contribution in [0.1, 0.15) is 22.5 Å². The van der Waals surface area contributed by atoms with E-state index in [4.69, 9.17) is 5.73 Å². The van der Waals surface area contributed by atoms with Gasteiger partial charge in [0.2, 0.25) is 10.0 Å². The quantitative estimate of drug-likeness (QED) is 0.722. The zero-order chi connectivity index (χ0) is 14.9. The van der Waals surface area contributed by atoms with Crippen LogP contribution in [0.2, 0.25) is 0 Å². The van der Waals surface area contributed by atoms with Gasteiger partial charge in [0.05, 0.1) is 11.4 Å². The number of nitrogens with two attached hydrogens (primary N) is 1. The van der Waals surface area contributed by atoms with Crippen molar-refractivity contribution < 1.29 is 8.42 Å². The van der Waals surface area contributed by atoms with E-state index in [1.807, 2.05) is 6.92 Å². The van der Waals surface area contributed by atoms with E-state index in [2.05, 4.69) is 19.9 Å². The molecule has 0 unspecified atom stereocenters. The number of aryl methyl sites for hydroxylation is 1. The third-order valence-electron chi connectivity index (χ3n) is 3.24. The number of sulfonamides is 1. The third-order valence-corrected chi connectivity index (χ3v) is 4.92. The van der Waals surface area contributed by atoms with Crippen LogP contribution < -0.4 is 10.5 Å². The molecule has 2 rings (SSSR count). The van der Waals surface area contributed by atoms with Crippen molar-refractivity contribution in [1.29, 1.82) is 0 Å². The third kappa shape index (κ3) is 2.66. The second-order valence-electron chi connectivity index (χ2n) is 4.62. The summed E-state index contributed by atoms with van der Waals surface area (Å²) in [5, 5.41) is 6.27. The standard InChI is InChI=1S/C12H17N5O2S/c1-7-4-10(13)9(3)12(8(7)2)20(18,19)16-5-11-14-6-15-17-11/h4,6,16H,5,13H2,1-3H3,(H,14,15,17). The summed E-state index contributed by atoms with van der Waals surface area (Å²) in [5.41, 5.74) is 8.41. The van der Waals surface area contributed by atoms with Crippen LogP contribution in [0.25, 0.3) is 0 Å². The van der Waals surface area contributed by atoms with Gasteiger partial charge in [0.25, 0.3) is 0 Å². The Labute approximate surface area is 117 Å².